The van der Waals surface area contributed by atoms with Gasteiger partial charge in [-0.2, -0.15) is 0 Å². The molecule has 0 heterocycles. The Bertz CT molecular complexity index is 794. The Morgan fingerprint density at radius 3 is 2.44 bits per heavy atom. The third kappa shape index (κ3) is 5.29. The van der Waals surface area contributed by atoms with Crippen molar-refractivity contribution >= 4 is 33.8 Å². The highest BCUT2D eigenvalue weighted by atomic mass is 79.9. The van der Waals surface area contributed by atoms with E-state index in [4.69, 9.17) is 9.47 Å². The monoisotopic (exact) mass is 402 g/mol. The molecular formula is C20H19BrO4. The molecule has 0 aliphatic carbocycles. The van der Waals surface area contributed by atoms with Crippen LogP contribution >= 0.6 is 15.9 Å². The molecule has 1 atom stereocenters. The Hall–Kier alpha value is -2.40. The summed E-state index contributed by atoms with van der Waals surface area (Å²) in [6.07, 6.45) is 2.02. The number of Topliss-reactive ketones (excluding diaryl/α,β-unsaturated/α-hetero) is 1. The maximum Gasteiger partial charge on any atom is 0.331 e. The zero-order chi connectivity index (χ0) is 18.4. The van der Waals surface area contributed by atoms with E-state index in [-0.39, 0.29) is 5.78 Å². The fraction of sp³-hybridized carbons (Fsp3) is 0.200. The molecule has 2 rings (SSSR count). The normalized spacial score (nSPS) is 12.0. The lowest BCUT2D eigenvalue weighted by atomic mass is 10.1. The molecule has 0 N–H and O–H groups in total. The van der Waals surface area contributed by atoms with E-state index in [9.17, 15) is 9.59 Å². The average molecular weight is 403 g/mol. The van der Waals surface area contributed by atoms with Crippen LogP contribution in [0, 0.1) is 6.92 Å². The number of benzene rings is 2. The molecule has 0 bridgehead atoms. The van der Waals surface area contributed by atoms with Gasteiger partial charge in [-0.15, -0.1) is 0 Å². The van der Waals surface area contributed by atoms with Crippen LogP contribution in [0.3, 0.4) is 0 Å². The molecule has 0 spiro atoms. The van der Waals surface area contributed by atoms with Gasteiger partial charge in [-0.1, -0.05) is 45.8 Å². The largest absolute Gasteiger partial charge is 0.496 e. The van der Waals surface area contributed by atoms with E-state index in [0.29, 0.717) is 11.3 Å². The minimum absolute atomic E-state index is 0.234. The van der Waals surface area contributed by atoms with Crippen LogP contribution in [-0.2, 0) is 9.53 Å². The number of carbonyl (C=O) groups excluding carboxylic acids is 2. The molecule has 2 aromatic carbocycles. The molecule has 1 unspecified atom stereocenters. The van der Waals surface area contributed by atoms with Crippen molar-refractivity contribution < 1.29 is 19.1 Å². The van der Waals surface area contributed by atoms with Crippen molar-refractivity contribution in [3.05, 3.63) is 69.7 Å². The van der Waals surface area contributed by atoms with Gasteiger partial charge in [-0.3, -0.25) is 4.79 Å². The minimum Gasteiger partial charge on any atom is -0.496 e. The van der Waals surface area contributed by atoms with Gasteiger partial charge in [-0.05, 0) is 38.1 Å². The summed E-state index contributed by atoms with van der Waals surface area (Å²) in [5.74, 6) is -0.187. The molecule has 0 fully saturated rings. The molecule has 25 heavy (non-hydrogen) atoms. The van der Waals surface area contributed by atoms with Crippen molar-refractivity contribution in [2.75, 3.05) is 7.11 Å². The molecule has 5 heteroatoms. The van der Waals surface area contributed by atoms with Gasteiger partial charge in [0.1, 0.15) is 5.75 Å². The summed E-state index contributed by atoms with van der Waals surface area (Å²) in [6.45, 7) is 3.51. The molecule has 0 amide bonds. The van der Waals surface area contributed by atoms with Crippen LogP contribution in [0.1, 0.15) is 28.4 Å². The number of esters is 1. The van der Waals surface area contributed by atoms with Gasteiger partial charge in [0.05, 0.1) is 7.11 Å². The third-order valence-electron chi connectivity index (χ3n) is 3.59. The molecule has 0 aliphatic rings. The number of rotatable bonds is 6. The molecule has 0 aliphatic heterocycles. The first kappa shape index (κ1) is 18.9. The van der Waals surface area contributed by atoms with Crippen molar-refractivity contribution in [1.82, 2.24) is 0 Å². The second kappa shape index (κ2) is 8.62. The summed E-state index contributed by atoms with van der Waals surface area (Å²) in [5, 5.41) is 0. The molecule has 0 saturated heterocycles. The summed E-state index contributed by atoms with van der Waals surface area (Å²) in [7, 11) is 1.56. The lowest BCUT2D eigenvalue weighted by Gasteiger charge is -2.11. The van der Waals surface area contributed by atoms with Crippen molar-refractivity contribution in [2.24, 2.45) is 0 Å². The maximum atomic E-state index is 12.3. The lowest BCUT2D eigenvalue weighted by Crippen LogP contribution is -2.23. The van der Waals surface area contributed by atoms with E-state index in [2.05, 4.69) is 15.9 Å². The number of hydrogen-bond donors (Lipinski definition) is 0. The molecule has 4 nitrogen and oxygen atoms in total. The van der Waals surface area contributed by atoms with E-state index < -0.39 is 12.1 Å². The van der Waals surface area contributed by atoms with E-state index in [1.54, 1.807) is 38.3 Å². The molecular weight excluding hydrogens is 384 g/mol. The summed E-state index contributed by atoms with van der Waals surface area (Å²) >= 11 is 3.37. The quantitative estimate of drug-likeness (QED) is 0.402. The maximum absolute atomic E-state index is 12.3. The predicted octanol–water partition coefficient (Wildman–Crippen LogP) is 4.59. The van der Waals surface area contributed by atoms with Gasteiger partial charge < -0.3 is 9.47 Å². The van der Waals surface area contributed by atoms with Crippen molar-refractivity contribution in [1.29, 1.82) is 0 Å². The molecule has 0 aromatic heterocycles. The molecule has 0 radical (unpaired) electrons. The van der Waals surface area contributed by atoms with Crippen LogP contribution in [0.2, 0.25) is 0 Å². The summed E-state index contributed by atoms with van der Waals surface area (Å²) in [5.41, 5.74) is 2.31. The highest BCUT2D eigenvalue weighted by Crippen LogP contribution is 2.24. The number of hydrogen-bond acceptors (Lipinski definition) is 4. The number of carbonyl (C=O) groups is 2. The first-order valence-electron chi connectivity index (χ1n) is 7.74. The first-order chi connectivity index (χ1) is 11.9. The number of halogens is 1. The molecule has 0 saturated carbocycles. The Morgan fingerprint density at radius 1 is 1.12 bits per heavy atom. The van der Waals surface area contributed by atoms with Gasteiger partial charge in [0, 0.05) is 21.7 Å². The third-order valence-corrected chi connectivity index (χ3v) is 4.08. The van der Waals surface area contributed by atoms with Crippen molar-refractivity contribution in [3.8, 4) is 5.75 Å². The van der Waals surface area contributed by atoms with E-state index in [1.165, 1.54) is 6.08 Å². The Labute approximate surface area is 155 Å². The lowest BCUT2D eigenvalue weighted by molar-refractivity contribution is -0.140. The van der Waals surface area contributed by atoms with Gasteiger partial charge in [0.15, 0.2) is 6.10 Å². The second-order valence-electron chi connectivity index (χ2n) is 5.53. The molecule has 2 aromatic rings. The fourth-order valence-corrected chi connectivity index (χ4v) is 2.59. The van der Waals surface area contributed by atoms with Gasteiger partial charge in [0.2, 0.25) is 5.78 Å². The van der Waals surface area contributed by atoms with Crippen molar-refractivity contribution in [2.45, 2.75) is 20.0 Å². The Kier molecular flexibility index (Phi) is 6.53. The van der Waals surface area contributed by atoms with Crippen LogP contribution in [0.4, 0.5) is 0 Å². The standard InChI is InChI=1S/C20H19BrO4/c1-13-4-6-15(7-5-13)20(23)14(2)25-19(22)11-8-16-12-17(21)9-10-18(16)24-3/h4-12,14H,1-3H3/b11-8+. The Morgan fingerprint density at radius 2 is 1.80 bits per heavy atom. The zero-order valence-electron chi connectivity index (χ0n) is 14.3. The fourth-order valence-electron chi connectivity index (χ4n) is 2.21. The van der Waals surface area contributed by atoms with Gasteiger partial charge in [-0.25, -0.2) is 4.79 Å². The molecule has 130 valence electrons. The summed E-state index contributed by atoms with van der Waals surface area (Å²) in [4.78, 5) is 24.3. The predicted molar refractivity (Wildman–Crippen MR) is 101 cm³/mol. The van der Waals surface area contributed by atoms with Crippen molar-refractivity contribution in [3.63, 3.8) is 0 Å². The highest BCUT2D eigenvalue weighted by Gasteiger charge is 2.18. The van der Waals surface area contributed by atoms with Crippen LogP contribution in [-0.4, -0.2) is 25.0 Å². The van der Waals surface area contributed by atoms with E-state index >= 15 is 0 Å². The average Bonchev–Trinajstić information content (AvgIpc) is 2.60. The second-order valence-corrected chi connectivity index (χ2v) is 6.44. The first-order valence-corrected chi connectivity index (χ1v) is 8.53. The number of ketones is 1. The number of aryl methyl sites for hydroxylation is 1. The summed E-state index contributed by atoms with van der Waals surface area (Å²) < 4.78 is 11.3. The smallest absolute Gasteiger partial charge is 0.331 e. The topological polar surface area (TPSA) is 52.6 Å². The van der Waals surface area contributed by atoms with E-state index in [1.807, 2.05) is 31.2 Å². The van der Waals surface area contributed by atoms with Crippen LogP contribution in [0.15, 0.2) is 53.0 Å². The van der Waals surface area contributed by atoms with Crippen LogP contribution in [0.25, 0.3) is 6.08 Å². The minimum atomic E-state index is -0.857. The number of ether oxygens (including phenoxy) is 2. The highest BCUT2D eigenvalue weighted by molar-refractivity contribution is 9.10. The van der Waals surface area contributed by atoms with Gasteiger partial charge >= 0.3 is 5.97 Å². The van der Waals surface area contributed by atoms with Crippen LogP contribution < -0.4 is 4.74 Å². The zero-order valence-corrected chi connectivity index (χ0v) is 15.9. The SMILES string of the molecule is COc1ccc(Br)cc1/C=C/C(=O)OC(C)C(=O)c1ccc(C)cc1. The van der Waals surface area contributed by atoms with E-state index in [0.717, 1.165) is 15.6 Å². The van der Waals surface area contributed by atoms with Crippen LogP contribution in [0.5, 0.6) is 5.75 Å². The number of methoxy groups -OCH3 is 1. The Balaban J connectivity index is 2.03. The van der Waals surface area contributed by atoms with Gasteiger partial charge in [0.25, 0.3) is 0 Å². The summed E-state index contributed by atoms with van der Waals surface area (Å²) in [6, 6.07) is 12.6.